The molecule has 0 atom stereocenters. The highest BCUT2D eigenvalue weighted by Crippen LogP contribution is 2.16. The molecule has 0 bridgehead atoms. The number of nitrogens with zero attached hydrogens (tertiary/aromatic N) is 4. The number of hydrogen-bond donors (Lipinski definition) is 2. The minimum atomic E-state index is -0.401. The van der Waals surface area contributed by atoms with E-state index < -0.39 is 5.82 Å². The van der Waals surface area contributed by atoms with Gasteiger partial charge in [-0.2, -0.15) is 10.5 Å². The van der Waals surface area contributed by atoms with Gasteiger partial charge in [-0.3, -0.25) is 0 Å². The van der Waals surface area contributed by atoms with Gasteiger partial charge in [-0.25, -0.2) is 4.39 Å². The molecule has 0 spiro atoms. The Labute approximate surface area is 102 Å². The third-order valence-corrected chi connectivity index (χ3v) is 2.20. The van der Waals surface area contributed by atoms with E-state index in [4.69, 9.17) is 5.26 Å². The summed E-state index contributed by atoms with van der Waals surface area (Å²) in [6.45, 7) is 1.85. The monoisotopic (exact) mass is 244 g/mol. The van der Waals surface area contributed by atoms with Crippen molar-refractivity contribution in [2.75, 3.05) is 5.32 Å². The maximum atomic E-state index is 13.4. The van der Waals surface area contributed by atoms with Crippen molar-refractivity contribution in [3.8, 4) is 6.07 Å². The molecule has 2 rings (SSSR count). The van der Waals surface area contributed by atoms with Crippen molar-refractivity contribution >= 4 is 11.3 Å². The number of allylic oxidation sites excluding steroid dienone is 1. The minimum Gasteiger partial charge on any atom is -0.358 e. The first-order valence-electron chi connectivity index (χ1n) is 5.07. The SMILES string of the molecule is Cc1ccc(F)c(NC=C(C#N)c2nn[nH]n2)c1. The fourth-order valence-electron chi connectivity index (χ4n) is 1.32. The molecule has 18 heavy (non-hydrogen) atoms. The molecule has 1 heterocycles. The van der Waals surface area contributed by atoms with Crippen molar-refractivity contribution in [1.82, 2.24) is 20.6 Å². The molecular weight excluding hydrogens is 235 g/mol. The largest absolute Gasteiger partial charge is 0.358 e. The van der Waals surface area contributed by atoms with Gasteiger partial charge in [-0.1, -0.05) is 6.07 Å². The lowest BCUT2D eigenvalue weighted by Gasteiger charge is -2.04. The Morgan fingerprint density at radius 3 is 3.06 bits per heavy atom. The average Bonchev–Trinajstić information content (AvgIpc) is 2.88. The number of anilines is 1. The van der Waals surface area contributed by atoms with Gasteiger partial charge in [0.2, 0.25) is 5.82 Å². The molecule has 0 fully saturated rings. The first-order chi connectivity index (χ1) is 8.70. The molecule has 0 aliphatic heterocycles. The van der Waals surface area contributed by atoms with Crippen molar-refractivity contribution in [2.24, 2.45) is 0 Å². The zero-order chi connectivity index (χ0) is 13.0. The smallest absolute Gasteiger partial charge is 0.216 e. The highest BCUT2D eigenvalue weighted by molar-refractivity contribution is 5.74. The third kappa shape index (κ3) is 2.49. The summed E-state index contributed by atoms with van der Waals surface area (Å²) in [6, 6.07) is 6.55. The molecule has 2 aromatic rings. The van der Waals surface area contributed by atoms with Gasteiger partial charge in [0.05, 0.1) is 5.69 Å². The van der Waals surface area contributed by atoms with Crippen molar-refractivity contribution in [2.45, 2.75) is 6.92 Å². The summed E-state index contributed by atoms with van der Waals surface area (Å²) in [7, 11) is 0. The second-order valence-corrected chi connectivity index (χ2v) is 3.53. The summed E-state index contributed by atoms with van der Waals surface area (Å²) >= 11 is 0. The Morgan fingerprint density at radius 2 is 2.39 bits per heavy atom. The molecular formula is C11H9FN6. The van der Waals surface area contributed by atoms with Gasteiger partial charge in [0, 0.05) is 6.20 Å². The molecule has 90 valence electrons. The van der Waals surface area contributed by atoms with Crippen LogP contribution in [0.5, 0.6) is 0 Å². The number of aromatic nitrogens is 4. The van der Waals surface area contributed by atoms with Crippen LogP contribution < -0.4 is 5.32 Å². The first kappa shape index (κ1) is 11.7. The van der Waals surface area contributed by atoms with Crippen LogP contribution in [0.4, 0.5) is 10.1 Å². The zero-order valence-corrected chi connectivity index (χ0v) is 9.48. The molecule has 0 saturated heterocycles. The number of H-pyrrole nitrogens is 1. The van der Waals surface area contributed by atoms with Gasteiger partial charge in [0.1, 0.15) is 17.5 Å². The number of aromatic amines is 1. The summed E-state index contributed by atoms with van der Waals surface area (Å²) < 4.78 is 13.4. The van der Waals surface area contributed by atoms with Crippen LogP contribution >= 0.6 is 0 Å². The van der Waals surface area contributed by atoms with Crippen LogP contribution in [-0.4, -0.2) is 20.6 Å². The number of benzene rings is 1. The fourth-order valence-corrected chi connectivity index (χ4v) is 1.32. The van der Waals surface area contributed by atoms with Crippen molar-refractivity contribution < 1.29 is 4.39 Å². The van der Waals surface area contributed by atoms with Crippen LogP contribution in [0.25, 0.3) is 5.57 Å². The van der Waals surface area contributed by atoms with Crippen LogP contribution in [0.15, 0.2) is 24.4 Å². The maximum absolute atomic E-state index is 13.4. The number of rotatable bonds is 3. The number of halogens is 1. The molecule has 0 unspecified atom stereocenters. The molecule has 0 aliphatic rings. The van der Waals surface area contributed by atoms with Crippen molar-refractivity contribution in [3.05, 3.63) is 41.6 Å². The molecule has 0 aliphatic carbocycles. The molecule has 1 aromatic heterocycles. The first-order valence-corrected chi connectivity index (χ1v) is 5.07. The van der Waals surface area contributed by atoms with Gasteiger partial charge in [0.15, 0.2) is 0 Å². The number of tetrazole rings is 1. The van der Waals surface area contributed by atoms with E-state index in [1.54, 1.807) is 12.1 Å². The topological polar surface area (TPSA) is 90.3 Å². The summed E-state index contributed by atoms with van der Waals surface area (Å²) in [4.78, 5) is 0. The quantitative estimate of drug-likeness (QED) is 0.801. The summed E-state index contributed by atoms with van der Waals surface area (Å²) in [5.74, 6) is -0.250. The third-order valence-electron chi connectivity index (χ3n) is 2.20. The summed E-state index contributed by atoms with van der Waals surface area (Å²) in [5.41, 5.74) is 1.35. The van der Waals surface area contributed by atoms with Crippen LogP contribution in [0.1, 0.15) is 11.4 Å². The van der Waals surface area contributed by atoms with E-state index in [0.29, 0.717) is 0 Å². The van der Waals surface area contributed by atoms with Gasteiger partial charge in [-0.15, -0.1) is 10.2 Å². The van der Waals surface area contributed by atoms with E-state index in [1.165, 1.54) is 12.3 Å². The molecule has 0 radical (unpaired) electrons. The fraction of sp³-hybridized carbons (Fsp3) is 0.0909. The Bertz CT molecular complexity index is 611. The standard InChI is InChI=1S/C11H9FN6/c1-7-2-3-9(12)10(4-7)14-6-8(5-13)11-15-17-18-16-11/h2-4,6,14H,1H3,(H,15,16,17,18). The lowest BCUT2D eigenvalue weighted by Crippen LogP contribution is -1.95. The van der Waals surface area contributed by atoms with Crippen LogP contribution in [0.2, 0.25) is 0 Å². The zero-order valence-electron chi connectivity index (χ0n) is 9.48. The van der Waals surface area contributed by atoms with Gasteiger partial charge >= 0.3 is 0 Å². The number of nitriles is 1. The van der Waals surface area contributed by atoms with Crippen LogP contribution in [0, 0.1) is 24.1 Å². The molecule has 6 nitrogen and oxygen atoms in total. The van der Waals surface area contributed by atoms with E-state index in [2.05, 4.69) is 25.9 Å². The molecule has 2 N–H and O–H groups in total. The minimum absolute atomic E-state index is 0.151. The average molecular weight is 244 g/mol. The van der Waals surface area contributed by atoms with E-state index >= 15 is 0 Å². The van der Waals surface area contributed by atoms with Gasteiger partial charge in [-0.05, 0) is 29.8 Å². The Hall–Kier alpha value is -2.75. The molecule has 0 saturated carbocycles. The second-order valence-electron chi connectivity index (χ2n) is 3.53. The predicted octanol–water partition coefficient (Wildman–Crippen LogP) is 1.62. The van der Waals surface area contributed by atoms with E-state index in [0.717, 1.165) is 5.56 Å². The summed E-state index contributed by atoms with van der Waals surface area (Å²) in [6.07, 6.45) is 1.34. The number of aryl methyl sites for hydroxylation is 1. The highest BCUT2D eigenvalue weighted by atomic mass is 19.1. The lowest BCUT2D eigenvalue weighted by atomic mass is 10.2. The van der Waals surface area contributed by atoms with Crippen LogP contribution in [0.3, 0.4) is 0 Å². The van der Waals surface area contributed by atoms with E-state index in [9.17, 15) is 4.39 Å². The Kier molecular flexibility index (Phi) is 3.29. The normalized spacial score (nSPS) is 11.1. The van der Waals surface area contributed by atoms with Crippen LogP contribution in [-0.2, 0) is 0 Å². The molecule has 7 heteroatoms. The summed E-state index contributed by atoms with van der Waals surface area (Å²) in [5, 5.41) is 24.6. The Balaban J connectivity index is 2.24. The highest BCUT2D eigenvalue weighted by Gasteiger charge is 2.06. The maximum Gasteiger partial charge on any atom is 0.216 e. The predicted molar refractivity (Wildman–Crippen MR) is 62.5 cm³/mol. The molecule has 0 amide bonds. The van der Waals surface area contributed by atoms with Gasteiger partial charge in [0.25, 0.3) is 0 Å². The van der Waals surface area contributed by atoms with Gasteiger partial charge < -0.3 is 5.32 Å². The Morgan fingerprint density at radius 1 is 1.56 bits per heavy atom. The number of nitrogens with one attached hydrogen (secondary N) is 2. The van der Waals surface area contributed by atoms with E-state index in [-0.39, 0.29) is 17.1 Å². The lowest BCUT2D eigenvalue weighted by molar-refractivity contribution is 0.631. The number of hydrogen-bond acceptors (Lipinski definition) is 5. The van der Waals surface area contributed by atoms with E-state index in [1.807, 2.05) is 13.0 Å². The van der Waals surface area contributed by atoms with Crippen molar-refractivity contribution in [3.63, 3.8) is 0 Å². The second kappa shape index (κ2) is 5.05. The molecule has 1 aromatic carbocycles. The van der Waals surface area contributed by atoms with Crippen molar-refractivity contribution in [1.29, 1.82) is 5.26 Å².